The fraction of sp³-hybridized carbons (Fsp3) is 0.200. The van der Waals surface area contributed by atoms with Gasteiger partial charge in [0.15, 0.2) is 0 Å². The molecule has 1 unspecified atom stereocenters. The Morgan fingerprint density at radius 1 is 1.50 bits per heavy atom. The van der Waals surface area contributed by atoms with E-state index >= 15 is 0 Å². The molecule has 2 N–H and O–H groups in total. The van der Waals surface area contributed by atoms with Crippen molar-refractivity contribution >= 4 is 15.9 Å². The molecule has 0 aliphatic heterocycles. The molecule has 0 spiro atoms. The topological polar surface area (TPSA) is 64.9 Å². The van der Waals surface area contributed by atoms with Gasteiger partial charge in [0.2, 0.25) is 11.7 Å². The molecule has 0 aliphatic carbocycles. The molecule has 0 radical (unpaired) electrons. The number of benzene rings is 1. The zero-order valence-corrected chi connectivity index (χ0v) is 10.0. The predicted octanol–water partition coefficient (Wildman–Crippen LogP) is 2.66. The van der Waals surface area contributed by atoms with Gasteiger partial charge in [-0.2, -0.15) is 4.98 Å². The van der Waals surface area contributed by atoms with Crippen molar-refractivity contribution in [1.82, 2.24) is 10.1 Å². The largest absolute Gasteiger partial charge is 0.337 e. The minimum Gasteiger partial charge on any atom is -0.337 e. The Kier molecular flexibility index (Phi) is 3.02. The molecule has 1 aromatic carbocycles. The predicted molar refractivity (Wildman–Crippen MR) is 60.0 cm³/mol. The first-order valence-electron chi connectivity index (χ1n) is 4.62. The molecule has 1 atom stereocenters. The SMILES string of the molecule is CC(N)c1nc(-c2ccc(F)cc2Br)no1. The van der Waals surface area contributed by atoms with E-state index in [0.29, 0.717) is 21.8 Å². The summed E-state index contributed by atoms with van der Waals surface area (Å²) in [5.74, 6) is 0.414. The van der Waals surface area contributed by atoms with Gasteiger partial charge in [-0.1, -0.05) is 5.16 Å². The lowest BCUT2D eigenvalue weighted by atomic mass is 10.2. The van der Waals surface area contributed by atoms with Gasteiger partial charge >= 0.3 is 0 Å². The molecule has 4 nitrogen and oxygen atoms in total. The highest BCUT2D eigenvalue weighted by atomic mass is 79.9. The van der Waals surface area contributed by atoms with Crippen LogP contribution in [-0.4, -0.2) is 10.1 Å². The summed E-state index contributed by atoms with van der Waals surface area (Å²) in [5.41, 5.74) is 6.26. The van der Waals surface area contributed by atoms with Crippen molar-refractivity contribution in [2.24, 2.45) is 5.73 Å². The average Bonchev–Trinajstić information content (AvgIpc) is 2.66. The van der Waals surface area contributed by atoms with Gasteiger partial charge in [-0.25, -0.2) is 4.39 Å². The lowest BCUT2D eigenvalue weighted by Gasteiger charge is -1.98. The fourth-order valence-corrected chi connectivity index (χ4v) is 1.73. The average molecular weight is 286 g/mol. The molecule has 0 bridgehead atoms. The highest BCUT2D eigenvalue weighted by molar-refractivity contribution is 9.10. The molecule has 0 aliphatic rings. The summed E-state index contributed by atoms with van der Waals surface area (Å²) in [7, 11) is 0. The van der Waals surface area contributed by atoms with Crippen molar-refractivity contribution < 1.29 is 8.91 Å². The molecule has 0 saturated heterocycles. The summed E-state index contributed by atoms with van der Waals surface area (Å²) in [6, 6.07) is 3.94. The van der Waals surface area contributed by atoms with Crippen LogP contribution in [0.2, 0.25) is 0 Å². The first-order valence-corrected chi connectivity index (χ1v) is 5.42. The second kappa shape index (κ2) is 4.31. The van der Waals surface area contributed by atoms with Gasteiger partial charge in [-0.3, -0.25) is 0 Å². The van der Waals surface area contributed by atoms with Gasteiger partial charge in [0.1, 0.15) is 5.82 Å². The van der Waals surface area contributed by atoms with Crippen molar-refractivity contribution in [1.29, 1.82) is 0 Å². The lowest BCUT2D eigenvalue weighted by molar-refractivity contribution is 0.362. The molecule has 84 valence electrons. The smallest absolute Gasteiger partial charge is 0.243 e. The molecule has 1 heterocycles. The molecule has 6 heteroatoms. The summed E-state index contributed by atoms with van der Waals surface area (Å²) in [4.78, 5) is 4.12. The Labute approximate surface area is 99.8 Å². The number of nitrogens with two attached hydrogens (primary N) is 1. The van der Waals surface area contributed by atoms with Crippen LogP contribution in [0, 0.1) is 5.82 Å². The molecular formula is C10H9BrFN3O. The van der Waals surface area contributed by atoms with Crippen LogP contribution in [0.25, 0.3) is 11.4 Å². The number of halogens is 2. The third-order valence-corrected chi connectivity index (χ3v) is 2.66. The van der Waals surface area contributed by atoms with Crippen LogP contribution in [0.15, 0.2) is 27.2 Å². The zero-order chi connectivity index (χ0) is 11.7. The number of nitrogens with zero attached hydrogens (tertiary/aromatic N) is 2. The van der Waals surface area contributed by atoms with E-state index in [4.69, 9.17) is 10.3 Å². The van der Waals surface area contributed by atoms with Gasteiger partial charge in [-0.15, -0.1) is 0 Å². The monoisotopic (exact) mass is 285 g/mol. The number of rotatable bonds is 2. The van der Waals surface area contributed by atoms with Crippen LogP contribution in [0.5, 0.6) is 0 Å². The van der Waals surface area contributed by atoms with Crippen molar-refractivity contribution in [3.05, 3.63) is 34.4 Å². The highest BCUT2D eigenvalue weighted by Crippen LogP contribution is 2.27. The fourth-order valence-electron chi connectivity index (χ4n) is 1.20. The Morgan fingerprint density at radius 3 is 2.81 bits per heavy atom. The van der Waals surface area contributed by atoms with Crippen molar-refractivity contribution in [3.8, 4) is 11.4 Å². The minimum atomic E-state index is -0.327. The number of hydrogen-bond donors (Lipinski definition) is 1. The normalized spacial score (nSPS) is 12.8. The Bertz CT molecular complexity index is 513. The molecule has 0 amide bonds. The standard InChI is InChI=1S/C10H9BrFN3O/c1-5(13)10-14-9(15-16-10)7-3-2-6(12)4-8(7)11/h2-5H,13H2,1H3. The first kappa shape index (κ1) is 11.2. The third-order valence-electron chi connectivity index (χ3n) is 2.00. The van der Waals surface area contributed by atoms with Crippen molar-refractivity contribution in [2.45, 2.75) is 13.0 Å². The van der Waals surface area contributed by atoms with Crippen LogP contribution in [0.1, 0.15) is 18.9 Å². The summed E-state index contributed by atoms with van der Waals surface area (Å²) in [5, 5.41) is 3.78. The second-order valence-electron chi connectivity index (χ2n) is 3.37. The maximum Gasteiger partial charge on any atom is 0.243 e. The number of hydrogen-bond acceptors (Lipinski definition) is 4. The van der Waals surface area contributed by atoms with E-state index in [1.165, 1.54) is 12.1 Å². The number of aromatic nitrogens is 2. The van der Waals surface area contributed by atoms with E-state index in [0.717, 1.165) is 0 Å². The molecule has 0 saturated carbocycles. The lowest BCUT2D eigenvalue weighted by Crippen LogP contribution is -2.04. The van der Waals surface area contributed by atoms with Crippen LogP contribution in [0.4, 0.5) is 4.39 Å². The van der Waals surface area contributed by atoms with Gasteiger partial charge in [0.25, 0.3) is 0 Å². The second-order valence-corrected chi connectivity index (χ2v) is 4.22. The molecule has 0 fully saturated rings. The molecule has 2 aromatic rings. The summed E-state index contributed by atoms with van der Waals surface area (Å²) >= 11 is 3.24. The van der Waals surface area contributed by atoms with Gasteiger partial charge in [0.05, 0.1) is 6.04 Å². The van der Waals surface area contributed by atoms with E-state index in [1.807, 2.05) is 0 Å². The summed E-state index contributed by atoms with van der Waals surface area (Å²) in [6.07, 6.45) is 0. The molecule has 16 heavy (non-hydrogen) atoms. The zero-order valence-electron chi connectivity index (χ0n) is 8.45. The maximum atomic E-state index is 12.9. The van der Waals surface area contributed by atoms with Crippen LogP contribution >= 0.6 is 15.9 Å². The van der Waals surface area contributed by atoms with Crippen molar-refractivity contribution in [3.63, 3.8) is 0 Å². The Hall–Kier alpha value is -1.27. The van der Waals surface area contributed by atoms with E-state index < -0.39 is 0 Å². The van der Waals surface area contributed by atoms with Gasteiger partial charge in [0, 0.05) is 10.0 Å². The Balaban J connectivity index is 2.42. The quantitative estimate of drug-likeness (QED) is 0.921. The van der Waals surface area contributed by atoms with Gasteiger partial charge < -0.3 is 10.3 Å². The third kappa shape index (κ3) is 2.12. The van der Waals surface area contributed by atoms with Crippen LogP contribution in [-0.2, 0) is 0 Å². The maximum absolute atomic E-state index is 12.9. The molecule has 1 aromatic heterocycles. The first-order chi connectivity index (χ1) is 7.58. The van der Waals surface area contributed by atoms with E-state index in [9.17, 15) is 4.39 Å². The minimum absolute atomic E-state index is 0.319. The molecular weight excluding hydrogens is 277 g/mol. The summed E-state index contributed by atoms with van der Waals surface area (Å²) < 4.78 is 18.4. The molecule has 2 rings (SSSR count). The van der Waals surface area contributed by atoms with Crippen LogP contribution < -0.4 is 5.73 Å². The summed E-state index contributed by atoms with van der Waals surface area (Å²) in [6.45, 7) is 1.75. The highest BCUT2D eigenvalue weighted by Gasteiger charge is 2.14. The van der Waals surface area contributed by atoms with Crippen LogP contribution in [0.3, 0.4) is 0 Å². The van der Waals surface area contributed by atoms with E-state index in [1.54, 1.807) is 13.0 Å². The van der Waals surface area contributed by atoms with E-state index in [-0.39, 0.29) is 11.9 Å². The Morgan fingerprint density at radius 2 is 2.25 bits per heavy atom. The van der Waals surface area contributed by atoms with Gasteiger partial charge in [-0.05, 0) is 41.1 Å². The van der Waals surface area contributed by atoms with E-state index in [2.05, 4.69) is 26.1 Å². The van der Waals surface area contributed by atoms with Crippen molar-refractivity contribution in [2.75, 3.05) is 0 Å².